The van der Waals surface area contributed by atoms with Gasteiger partial charge in [-0.2, -0.15) is 4.31 Å². The zero-order chi connectivity index (χ0) is 16.3. The Bertz CT molecular complexity index is 639. The van der Waals surface area contributed by atoms with Crippen molar-refractivity contribution < 1.29 is 17.9 Å². The van der Waals surface area contributed by atoms with Crippen molar-refractivity contribution in [1.82, 2.24) is 9.21 Å². The van der Waals surface area contributed by atoms with E-state index in [9.17, 15) is 8.42 Å². The molecule has 2 aliphatic rings. The highest BCUT2D eigenvalue weighted by Gasteiger charge is 2.26. The summed E-state index contributed by atoms with van der Waals surface area (Å²) in [5.74, 6) is 1.86. The number of benzene rings is 1. The van der Waals surface area contributed by atoms with Crippen LogP contribution in [0.2, 0.25) is 0 Å². The first-order valence-electron chi connectivity index (χ1n) is 8.17. The zero-order valence-electron chi connectivity index (χ0n) is 13.5. The molecule has 23 heavy (non-hydrogen) atoms. The van der Waals surface area contributed by atoms with Gasteiger partial charge in [-0.3, -0.25) is 4.90 Å². The number of ether oxygens (including phenoxy) is 2. The summed E-state index contributed by atoms with van der Waals surface area (Å²) < 4.78 is 36.8. The molecule has 3 rings (SSSR count). The average molecular weight is 340 g/mol. The van der Waals surface area contributed by atoms with Gasteiger partial charge in [0.05, 0.1) is 5.75 Å². The summed E-state index contributed by atoms with van der Waals surface area (Å²) in [4.78, 5) is 2.28. The Morgan fingerprint density at radius 2 is 1.83 bits per heavy atom. The predicted molar refractivity (Wildman–Crippen MR) is 88.1 cm³/mol. The van der Waals surface area contributed by atoms with E-state index in [4.69, 9.17) is 9.47 Å². The van der Waals surface area contributed by atoms with Gasteiger partial charge >= 0.3 is 0 Å². The SMILES string of the molecule is CCCCS(=O)(=O)N1CCN(Cc2ccc3c(c2)OCO3)CC1. The molecule has 0 atom stereocenters. The lowest BCUT2D eigenvalue weighted by molar-refractivity contribution is 0.173. The molecule has 0 aromatic heterocycles. The lowest BCUT2D eigenvalue weighted by Gasteiger charge is -2.34. The monoisotopic (exact) mass is 340 g/mol. The van der Waals surface area contributed by atoms with Gasteiger partial charge in [-0.15, -0.1) is 0 Å². The summed E-state index contributed by atoms with van der Waals surface area (Å²) in [7, 11) is -3.08. The van der Waals surface area contributed by atoms with E-state index in [0.29, 0.717) is 13.1 Å². The van der Waals surface area contributed by atoms with Gasteiger partial charge in [-0.05, 0) is 24.1 Å². The Balaban J connectivity index is 1.53. The third kappa shape index (κ3) is 3.97. The summed E-state index contributed by atoms with van der Waals surface area (Å²) in [6.07, 6.45) is 1.64. The molecular weight excluding hydrogens is 316 g/mol. The molecule has 1 aromatic carbocycles. The second-order valence-corrected chi connectivity index (χ2v) is 8.12. The molecule has 0 saturated carbocycles. The normalized spacial score (nSPS) is 19.2. The first-order valence-corrected chi connectivity index (χ1v) is 9.78. The van der Waals surface area contributed by atoms with Crippen LogP contribution in [0.1, 0.15) is 25.3 Å². The molecule has 0 amide bonds. The fourth-order valence-corrected chi connectivity index (χ4v) is 4.55. The van der Waals surface area contributed by atoms with Crippen molar-refractivity contribution in [1.29, 1.82) is 0 Å². The zero-order valence-corrected chi connectivity index (χ0v) is 14.3. The largest absolute Gasteiger partial charge is 0.454 e. The van der Waals surface area contributed by atoms with Crippen LogP contribution in [0.3, 0.4) is 0 Å². The lowest BCUT2D eigenvalue weighted by atomic mass is 10.2. The average Bonchev–Trinajstić information content (AvgIpc) is 3.01. The molecule has 0 aliphatic carbocycles. The van der Waals surface area contributed by atoms with Crippen molar-refractivity contribution in [3.63, 3.8) is 0 Å². The summed E-state index contributed by atoms with van der Waals surface area (Å²) in [6, 6.07) is 5.98. The van der Waals surface area contributed by atoms with Gasteiger partial charge in [0.1, 0.15) is 0 Å². The molecule has 0 spiro atoms. The predicted octanol–water partition coefficient (Wildman–Crippen LogP) is 1.66. The number of fused-ring (bicyclic) bond motifs is 1. The van der Waals surface area contributed by atoms with Gasteiger partial charge in [0, 0.05) is 32.7 Å². The van der Waals surface area contributed by atoms with E-state index in [1.54, 1.807) is 4.31 Å². The maximum atomic E-state index is 12.2. The second-order valence-electron chi connectivity index (χ2n) is 6.03. The molecule has 0 unspecified atom stereocenters. The molecular formula is C16H24N2O4S. The molecule has 0 bridgehead atoms. The van der Waals surface area contributed by atoms with E-state index in [-0.39, 0.29) is 12.5 Å². The Morgan fingerprint density at radius 1 is 1.09 bits per heavy atom. The Labute approximate surface area is 138 Å². The van der Waals surface area contributed by atoms with Crippen molar-refractivity contribution in [2.45, 2.75) is 26.3 Å². The number of rotatable bonds is 6. The van der Waals surface area contributed by atoms with Crippen LogP contribution < -0.4 is 9.47 Å². The van der Waals surface area contributed by atoms with Crippen LogP contribution >= 0.6 is 0 Å². The summed E-state index contributed by atoms with van der Waals surface area (Å²) >= 11 is 0. The van der Waals surface area contributed by atoms with Gasteiger partial charge in [0.25, 0.3) is 0 Å². The molecule has 0 N–H and O–H groups in total. The highest BCUT2D eigenvalue weighted by molar-refractivity contribution is 7.89. The van der Waals surface area contributed by atoms with E-state index in [1.165, 1.54) is 0 Å². The van der Waals surface area contributed by atoms with Crippen LogP contribution in [-0.4, -0.2) is 56.3 Å². The fraction of sp³-hybridized carbons (Fsp3) is 0.625. The lowest BCUT2D eigenvalue weighted by Crippen LogP contribution is -2.48. The summed E-state index contributed by atoms with van der Waals surface area (Å²) in [5, 5.41) is 0. The van der Waals surface area contributed by atoms with Gasteiger partial charge in [-0.25, -0.2) is 8.42 Å². The number of hydrogen-bond acceptors (Lipinski definition) is 5. The number of hydrogen-bond donors (Lipinski definition) is 0. The number of nitrogens with zero attached hydrogens (tertiary/aromatic N) is 2. The van der Waals surface area contributed by atoms with E-state index in [2.05, 4.69) is 4.90 Å². The first kappa shape index (κ1) is 16.5. The number of piperazine rings is 1. The van der Waals surface area contributed by atoms with Crippen molar-refractivity contribution in [3.05, 3.63) is 23.8 Å². The van der Waals surface area contributed by atoms with E-state index >= 15 is 0 Å². The van der Waals surface area contributed by atoms with Crippen LogP contribution in [-0.2, 0) is 16.6 Å². The summed E-state index contributed by atoms with van der Waals surface area (Å²) in [5.41, 5.74) is 1.16. The fourth-order valence-electron chi connectivity index (χ4n) is 2.92. The third-order valence-electron chi connectivity index (χ3n) is 4.32. The van der Waals surface area contributed by atoms with Crippen LogP contribution in [0, 0.1) is 0 Å². The van der Waals surface area contributed by atoms with Crippen LogP contribution in [0.25, 0.3) is 0 Å². The van der Waals surface area contributed by atoms with Gasteiger partial charge < -0.3 is 9.47 Å². The Hall–Kier alpha value is -1.31. The molecule has 2 aliphatic heterocycles. The number of unbranched alkanes of at least 4 members (excludes halogenated alkanes) is 1. The summed E-state index contributed by atoms with van der Waals surface area (Å²) in [6.45, 7) is 5.79. The maximum absolute atomic E-state index is 12.2. The molecule has 0 radical (unpaired) electrons. The molecule has 1 fully saturated rings. The minimum Gasteiger partial charge on any atom is -0.454 e. The van der Waals surface area contributed by atoms with Crippen LogP contribution in [0.4, 0.5) is 0 Å². The van der Waals surface area contributed by atoms with Gasteiger partial charge in [-0.1, -0.05) is 19.4 Å². The number of sulfonamides is 1. The topological polar surface area (TPSA) is 59.1 Å². The quantitative estimate of drug-likeness (QED) is 0.788. The molecule has 7 heteroatoms. The van der Waals surface area contributed by atoms with Crippen molar-refractivity contribution in [3.8, 4) is 11.5 Å². The van der Waals surface area contributed by atoms with Crippen LogP contribution in [0.15, 0.2) is 18.2 Å². The maximum Gasteiger partial charge on any atom is 0.231 e. The van der Waals surface area contributed by atoms with Crippen molar-refractivity contribution in [2.75, 3.05) is 38.7 Å². The molecule has 1 saturated heterocycles. The highest BCUT2D eigenvalue weighted by Crippen LogP contribution is 2.32. The van der Waals surface area contributed by atoms with E-state index < -0.39 is 10.0 Å². The Kier molecular flexibility index (Phi) is 5.08. The van der Waals surface area contributed by atoms with E-state index in [1.807, 2.05) is 25.1 Å². The smallest absolute Gasteiger partial charge is 0.231 e. The highest BCUT2D eigenvalue weighted by atomic mass is 32.2. The molecule has 1 aromatic rings. The molecule has 128 valence electrons. The van der Waals surface area contributed by atoms with Crippen molar-refractivity contribution in [2.24, 2.45) is 0 Å². The van der Waals surface area contributed by atoms with Crippen molar-refractivity contribution >= 4 is 10.0 Å². The standard InChI is InChI=1S/C16H24N2O4S/c1-2-3-10-23(19,20)18-8-6-17(7-9-18)12-14-4-5-15-16(11-14)22-13-21-15/h4-5,11H,2-3,6-10,12-13H2,1H3. The van der Waals surface area contributed by atoms with Gasteiger partial charge in [0.2, 0.25) is 16.8 Å². The van der Waals surface area contributed by atoms with E-state index in [0.717, 1.165) is 49.5 Å². The van der Waals surface area contributed by atoms with Gasteiger partial charge in [0.15, 0.2) is 11.5 Å². The third-order valence-corrected chi connectivity index (χ3v) is 6.28. The Morgan fingerprint density at radius 3 is 2.57 bits per heavy atom. The molecule has 2 heterocycles. The van der Waals surface area contributed by atoms with Crippen LogP contribution in [0.5, 0.6) is 11.5 Å². The second kappa shape index (κ2) is 7.07. The minimum atomic E-state index is -3.08. The first-order chi connectivity index (χ1) is 11.1. The molecule has 6 nitrogen and oxygen atoms in total. The minimum absolute atomic E-state index is 0.270.